The Balaban J connectivity index is 1.31. The second-order valence-corrected chi connectivity index (χ2v) is 8.57. The van der Waals surface area contributed by atoms with Gasteiger partial charge in [-0.3, -0.25) is 9.97 Å². The van der Waals surface area contributed by atoms with Crippen molar-refractivity contribution in [2.24, 2.45) is 10.3 Å². The molecular formula is C25H30F2N4O2. The van der Waals surface area contributed by atoms with Gasteiger partial charge in [0.1, 0.15) is 38.0 Å². The number of nitrogens with zero attached hydrogens (tertiary/aromatic N) is 4. The van der Waals surface area contributed by atoms with Gasteiger partial charge in [0.15, 0.2) is 0 Å². The number of halogens is 2. The molecule has 8 heteroatoms. The molecule has 2 aromatic heterocycles. The molecule has 0 saturated carbocycles. The molecule has 0 radical (unpaired) electrons. The quantitative estimate of drug-likeness (QED) is 0.403. The van der Waals surface area contributed by atoms with Gasteiger partial charge in [-0.2, -0.15) is 0 Å². The van der Waals surface area contributed by atoms with E-state index in [2.05, 4.69) is 20.3 Å². The molecule has 2 aromatic rings. The minimum atomic E-state index is -0.492. The second kappa shape index (κ2) is 10.8. The molecule has 4 rings (SSSR count). The van der Waals surface area contributed by atoms with Crippen LogP contribution in [0.5, 0.6) is 0 Å². The van der Waals surface area contributed by atoms with Gasteiger partial charge in [-0.15, -0.1) is 0 Å². The topological polar surface area (TPSA) is 69.0 Å². The van der Waals surface area contributed by atoms with E-state index in [1.54, 1.807) is 12.1 Å². The summed E-state index contributed by atoms with van der Waals surface area (Å²) in [5.41, 5.74) is 7.96. The zero-order valence-corrected chi connectivity index (χ0v) is 19.3. The highest BCUT2D eigenvalue weighted by Crippen LogP contribution is 2.26. The van der Waals surface area contributed by atoms with E-state index in [0.29, 0.717) is 30.8 Å². The average molecular weight is 457 g/mol. The molecule has 0 unspecified atom stereocenters. The van der Waals surface area contributed by atoms with Crippen LogP contribution >= 0.6 is 0 Å². The summed E-state index contributed by atoms with van der Waals surface area (Å²) in [5.74, 6) is 0. The van der Waals surface area contributed by atoms with Crippen molar-refractivity contribution in [1.82, 2.24) is 9.97 Å². The zero-order chi connectivity index (χ0) is 23.2. The number of rotatable bonds is 8. The van der Waals surface area contributed by atoms with Gasteiger partial charge in [0.2, 0.25) is 0 Å². The predicted octanol–water partition coefficient (Wildman–Crippen LogP) is 5.24. The number of hydrogen-bond donors (Lipinski definition) is 0. The largest absolute Gasteiger partial charge is 0.395 e. The highest BCUT2D eigenvalue weighted by Gasteiger charge is 2.22. The van der Waals surface area contributed by atoms with Gasteiger partial charge < -0.3 is 9.68 Å². The summed E-state index contributed by atoms with van der Waals surface area (Å²) in [6.07, 6.45) is 5.61. The van der Waals surface area contributed by atoms with E-state index < -0.39 is 13.3 Å². The van der Waals surface area contributed by atoms with Gasteiger partial charge in [-0.05, 0) is 86.8 Å². The van der Waals surface area contributed by atoms with E-state index in [1.165, 1.54) is 0 Å². The van der Waals surface area contributed by atoms with Crippen molar-refractivity contribution in [3.63, 3.8) is 0 Å². The minimum Gasteiger partial charge on any atom is -0.395 e. The predicted molar refractivity (Wildman–Crippen MR) is 123 cm³/mol. The first-order chi connectivity index (χ1) is 16.1. The fourth-order valence-corrected chi connectivity index (χ4v) is 4.52. The molecule has 2 aliphatic carbocycles. The van der Waals surface area contributed by atoms with Crippen LogP contribution in [0.1, 0.15) is 77.1 Å². The molecule has 0 atom stereocenters. The monoisotopic (exact) mass is 456 g/mol. The van der Waals surface area contributed by atoms with Gasteiger partial charge in [0, 0.05) is 17.8 Å². The second-order valence-electron chi connectivity index (χ2n) is 8.57. The molecule has 2 aliphatic rings. The van der Waals surface area contributed by atoms with Crippen LogP contribution in [0, 0.1) is 13.8 Å². The zero-order valence-electron chi connectivity index (χ0n) is 19.3. The van der Waals surface area contributed by atoms with Gasteiger partial charge in [-0.25, -0.2) is 8.78 Å². The normalized spacial score (nSPS) is 17.7. The third-order valence-corrected chi connectivity index (χ3v) is 6.03. The van der Waals surface area contributed by atoms with Crippen molar-refractivity contribution in [3.8, 4) is 0 Å². The smallest absolute Gasteiger partial charge is 0.120 e. The molecule has 6 nitrogen and oxygen atoms in total. The van der Waals surface area contributed by atoms with E-state index in [-0.39, 0.29) is 0 Å². The Labute approximate surface area is 193 Å². The van der Waals surface area contributed by atoms with Crippen molar-refractivity contribution in [2.45, 2.75) is 72.1 Å². The first kappa shape index (κ1) is 23.3. The van der Waals surface area contributed by atoms with Gasteiger partial charge in [0.25, 0.3) is 0 Å². The van der Waals surface area contributed by atoms with Crippen LogP contribution in [0.3, 0.4) is 0 Å². The molecule has 0 aliphatic heterocycles. The number of aromatic nitrogens is 2. The summed E-state index contributed by atoms with van der Waals surface area (Å²) in [5, 5.41) is 8.56. The van der Waals surface area contributed by atoms with Crippen LogP contribution in [-0.2, 0) is 35.9 Å². The highest BCUT2D eigenvalue weighted by molar-refractivity contribution is 6.01. The van der Waals surface area contributed by atoms with E-state index in [1.807, 2.05) is 13.8 Å². The summed E-state index contributed by atoms with van der Waals surface area (Å²) in [6.45, 7) is 3.51. The Morgan fingerprint density at radius 1 is 0.758 bits per heavy atom. The van der Waals surface area contributed by atoms with Crippen LogP contribution < -0.4 is 0 Å². The molecule has 33 heavy (non-hydrogen) atoms. The van der Waals surface area contributed by atoms with Crippen LogP contribution in [0.25, 0.3) is 0 Å². The third-order valence-electron chi connectivity index (χ3n) is 6.03. The fraction of sp³-hybridized carbons (Fsp3) is 0.520. The molecule has 176 valence electrons. The Bertz CT molecular complexity index is 985. The first-order valence-electron chi connectivity index (χ1n) is 11.6. The lowest BCUT2D eigenvalue weighted by atomic mass is 9.91. The lowest BCUT2D eigenvalue weighted by Crippen LogP contribution is -2.18. The summed E-state index contributed by atoms with van der Waals surface area (Å²) >= 11 is 0. The number of pyridine rings is 2. The number of hydrogen-bond acceptors (Lipinski definition) is 6. The SMILES string of the molecule is Cc1cc(CF)c2c(n1)/C(=N/OCCCO/N=C1\CCCc3c(CF)cc(C)nc31)CCC2. The third kappa shape index (κ3) is 5.37. The van der Waals surface area contributed by atoms with Gasteiger partial charge >= 0.3 is 0 Å². The maximum absolute atomic E-state index is 13.4. The summed E-state index contributed by atoms with van der Waals surface area (Å²) in [4.78, 5) is 20.2. The Morgan fingerprint density at radius 3 is 1.64 bits per heavy atom. The fourth-order valence-electron chi connectivity index (χ4n) is 4.52. The molecule has 0 spiro atoms. The number of fused-ring (bicyclic) bond motifs is 2. The summed E-state index contributed by atoms with van der Waals surface area (Å²) in [6, 6.07) is 3.61. The minimum absolute atomic E-state index is 0.380. The number of aryl methyl sites for hydroxylation is 2. The Kier molecular flexibility index (Phi) is 7.62. The first-order valence-corrected chi connectivity index (χ1v) is 11.6. The van der Waals surface area contributed by atoms with Crippen LogP contribution in [0.15, 0.2) is 22.4 Å². The van der Waals surface area contributed by atoms with E-state index >= 15 is 0 Å². The summed E-state index contributed by atoms with van der Waals surface area (Å²) in [7, 11) is 0. The molecule has 0 fully saturated rings. The van der Waals surface area contributed by atoms with Crippen molar-refractivity contribution >= 4 is 11.4 Å². The van der Waals surface area contributed by atoms with Crippen LogP contribution in [0.2, 0.25) is 0 Å². The average Bonchev–Trinajstić information content (AvgIpc) is 2.82. The van der Waals surface area contributed by atoms with Crippen LogP contribution in [0.4, 0.5) is 8.78 Å². The van der Waals surface area contributed by atoms with E-state index in [9.17, 15) is 8.78 Å². The van der Waals surface area contributed by atoms with Gasteiger partial charge in [-0.1, -0.05) is 10.3 Å². The summed E-state index contributed by atoms with van der Waals surface area (Å²) < 4.78 is 26.8. The Morgan fingerprint density at radius 2 is 1.21 bits per heavy atom. The van der Waals surface area contributed by atoms with E-state index in [4.69, 9.17) is 9.68 Å². The number of alkyl halides is 2. The maximum Gasteiger partial charge on any atom is 0.120 e. The Hall–Kier alpha value is -2.90. The molecule has 0 bridgehead atoms. The molecule has 0 saturated heterocycles. The van der Waals surface area contributed by atoms with E-state index in [0.717, 1.165) is 83.9 Å². The van der Waals surface area contributed by atoms with Crippen molar-refractivity contribution < 1.29 is 18.5 Å². The van der Waals surface area contributed by atoms with Crippen molar-refractivity contribution in [3.05, 3.63) is 57.2 Å². The lowest BCUT2D eigenvalue weighted by Gasteiger charge is -2.20. The molecule has 0 amide bonds. The van der Waals surface area contributed by atoms with Gasteiger partial charge in [0.05, 0.1) is 11.4 Å². The standard InChI is InChI=1S/C25H30F2N4O2/c1-16-12-18(14-26)20-6-3-8-22(24(20)28-16)30-32-10-5-11-33-31-23-9-4-7-21-19(15-27)13-17(2)29-25(21)23/h12-13H,3-11,14-15H2,1-2H3/b30-22+,31-23+. The van der Waals surface area contributed by atoms with Crippen molar-refractivity contribution in [2.75, 3.05) is 13.2 Å². The highest BCUT2D eigenvalue weighted by atomic mass is 19.1. The lowest BCUT2D eigenvalue weighted by molar-refractivity contribution is 0.0894. The molecule has 2 heterocycles. The molecule has 0 aromatic carbocycles. The van der Waals surface area contributed by atoms with Crippen molar-refractivity contribution in [1.29, 1.82) is 0 Å². The maximum atomic E-state index is 13.4. The molecule has 0 N–H and O–H groups in total. The molecular weight excluding hydrogens is 426 g/mol. The van der Waals surface area contributed by atoms with Crippen LogP contribution in [-0.4, -0.2) is 34.6 Å². The number of oxime groups is 2.